The molecule has 0 unspecified atom stereocenters. The molecular formula is C19H17NO4. The third-order valence-electron chi connectivity index (χ3n) is 4.20. The lowest BCUT2D eigenvalue weighted by atomic mass is 9.80. The summed E-state index contributed by atoms with van der Waals surface area (Å²) < 4.78 is 5.16. The summed E-state index contributed by atoms with van der Waals surface area (Å²) in [4.78, 5) is 22.9. The van der Waals surface area contributed by atoms with Crippen molar-refractivity contribution >= 4 is 12.4 Å². The molecule has 122 valence electrons. The molecule has 3 rings (SSSR count). The van der Waals surface area contributed by atoms with Crippen molar-refractivity contribution in [1.29, 1.82) is 0 Å². The van der Waals surface area contributed by atoms with Crippen molar-refractivity contribution in [2.45, 2.75) is 12.0 Å². The Bertz CT molecular complexity index is 811. The maximum atomic E-state index is 11.7. The first kappa shape index (κ1) is 15.8. The molecule has 1 aliphatic carbocycles. The zero-order chi connectivity index (χ0) is 17.2. The second-order valence-corrected chi connectivity index (χ2v) is 5.62. The van der Waals surface area contributed by atoms with Crippen molar-refractivity contribution in [2.75, 3.05) is 7.11 Å². The van der Waals surface area contributed by atoms with Crippen LogP contribution in [0.1, 0.15) is 11.1 Å². The molecule has 2 aromatic carbocycles. The highest BCUT2D eigenvalue weighted by Gasteiger charge is 2.35. The van der Waals surface area contributed by atoms with E-state index in [-0.39, 0.29) is 0 Å². The number of carbonyl (C=O) groups excluding carboxylic acids is 1. The molecule has 0 saturated heterocycles. The molecule has 5 heteroatoms. The van der Waals surface area contributed by atoms with E-state index in [1.165, 1.54) is 0 Å². The summed E-state index contributed by atoms with van der Waals surface area (Å²) in [6.45, 7) is 0. The third-order valence-corrected chi connectivity index (χ3v) is 4.20. The number of aldehydes is 1. The van der Waals surface area contributed by atoms with Crippen molar-refractivity contribution in [2.24, 2.45) is 0 Å². The summed E-state index contributed by atoms with van der Waals surface area (Å²) in [5, 5.41) is 11.5. The van der Waals surface area contributed by atoms with Crippen LogP contribution < -0.4 is 10.1 Å². The molecule has 1 amide bonds. The van der Waals surface area contributed by atoms with Gasteiger partial charge < -0.3 is 15.2 Å². The highest BCUT2D eigenvalue weighted by Crippen LogP contribution is 2.33. The normalized spacial score (nSPS) is 18.5. The van der Waals surface area contributed by atoms with Gasteiger partial charge in [0.1, 0.15) is 11.3 Å². The number of hydrogen-bond donors (Lipinski definition) is 2. The van der Waals surface area contributed by atoms with E-state index in [2.05, 4.69) is 5.32 Å². The van der Waals surface area contributed by atoms with Gasteiger partial charge >= 0.3 is 6.09 Å². The molecule has 0 radical (unpaired) electrons. The fourth-order valence-corrected chi connectivity index (χ4v) is 2.98. The summed E-state index contributed by atoms with van der Waals surface area (Å²) in [5.74, 6) is 0.759. The number of methoxy groups -OCH3 is 1. The summed E-state index contributed by atoms with van der Waals surface area (Å²) in [6, 6.07) is 13.3. The Hall–Kier alpha value is -3.08. The monoisotopic (exact) mass is 323 g/mol. The predicted molar refractivity (Wildman–Crippen MR) is 90.2 cm³/mol. The van der Waals surface area contributed by atoms with Gasteiger partial charge in [0.15, 0.2) is 6.29 Å². The highest BCUT2D eigenvalue weighted by molar-refractivity contribution is 5.82. The number of benzene rings is 2. The minimum Gasteiger partial charge on any atom is -0.497 e. The Morgan fingerprint density at radius 1 is 1.21 bits per heavy atom. The molecule has 1 aliphatic rings. The van der Waals surface area contributed by atoms with Gasteiger partial charge in [-0.15, -0.1) is 0 Å². The van der Waals surface area contributed by atoms with Gasteiger partial charge in [-0.05, 0) is 46.9 Å². The smallest absolute Gasteiger partial charge is 0.405 e. The second kappa shape index (κ2) is 6.20. The van der Waals surface area contributed by atoms with Crippen LogP contribution in [0.4, 0.5) is 4.79 Å². The van der Waals surface area contributed by atoms with Crippen LogP contribution in [0, 0.1) is 0 Å². The first-order chi connectivity index (χ1) is 11.6. The number of rotatable bonds is 4. The summed E-state index contributed by atoms with van der Waals surface area (Å²) >= 11 is 0. The van der Waals surface area contributed by atoms with Crippen LogP contribution in [0.2, 0.25) is 0 Å². The standard InChI is InChI=1S/C19H17NO4/c1-24-16-8-6-13(7-9-16)15-5-4-14-3-2-10-19(12-21,17(14)11-15)20-18(22)23/h2,4-12,20H,3H2,1H3,(H,22,23)/t19-/m1/s1. The number of amides is 1. The van der Waals surface area contributed by atoms with E-state index in [1.54, 1.807) is 19.3 Å². The molecule has 24 heavy (non-hydrogen) atoms. The van der Waals surface area contributed by atoms with Crippen molar-refractivity contribution in [3.63, 3.8) is 0 Å². The van der Waals surface area contributed by atoms with Crippen LogP contribution >= 0.6 is 0 Å². The van der Waals surface area contributed by atoms with Crippen LogP contribution in [0.3, 0.4) is 0 Å². The van der Waals surface area contributed by atoms with Crippen molar-refractivity contribution in [1.82, 2.24) is 5.32 Å². The molecule has 0 heterocycles. The topological polar surface area (TPSA) is 75.6 Å². The van der Waals surface area contributed by atoms with Gasteiger partial charge in [-0.1, -0.05) is 36.4 Å². The van der Waals surface area contributed by atoms with Crippen LogP contribution in [-0.2, 0) is 16.8 Å². The van der Waals surface area contributed by atoms with Gasteiger partial charge in [0.25, 0.3) is 0 Å². The highest BCUT2D eigenvalue weighted by atomic mass is 16.5. The van der Waals surface area contributed by atoms with E-state index >= 15 is 0 Å². The zero-order valence-corrected chi connectivity index (χ0v) is 13.2. The number of nitrogens with one attached hydrogen (secondary N) is 1. The summed E-state index contributed by atoms with van der Waals surface area (Å²) in [6.07, 6.45) is 3.46. The van der Waals surface area contributed by atoms with Gasteiger partial charge in [-0.3, -0.25) is 4.79 Å². The van der Waals surface area contributed by atoms with Gasteiger partial charge in [-0.25, -0.2) is 4.79 Å². The zero-order valence-electron chi connectivity index (χ0n) is 13.2. The molecule has 0 aromatic heterocycles. The lowest BCUT2D eigenvalue weighted by molar-refractivity contribution is -0.112. The van der Waals surface area contributed by atoms with Gasteiger partial charge in [0, 0.05) is 0 Å². The lowest BCUT2D eigenvalue weighted by Gasteiger charge is -2.30. The average molecular weight is 323 g/mol. The molecule has 0 bridgehead atoms. The molecule has 1 atom stereocenters. The van der Waals surface area contributed by atoms with E-state index in [4.69, 9.17) is 9.84 Å². The molecule has 0 fully saturated rings. The van der Waals surface area contributed by atoms with Crippen LogP contribution in [0.25, 0.3) is 11.1 Å². The maximum absolute atomic E-state index is 11.7. The van der Waals surface area contributed by atoms with Crippen molar-refractivity contribution < 1.29 is 19.4 Å². The van der Waals surface area contributed by atoms with E-state index in [0.29, 0.717) is 18.3 Å². The number of fused-ring (bicyclic) bond motifs is 1. The SMILES string of the molecule is COc1ccc(-c2ccc3c(c2)[C@@](C=O)(NC(=O)O)C=CC3)cc1. The molecule has 0 saturated carbocycles. The fourth-order valence-electron chi connectivity index (χ4n) is 2.98. The van der Waals surface area contributed by atoms with Crippen molar-refractivity contribution in [3.05, 3.63) is 65.7 Å². The van der Waals surface area contributed by atoms with Gasteiger partial charge in [0.2, 0.25) is 0 Å². The largest absolute Gasteiger partial charge is 0.497 e. The fraction of sp³-hybridized carbons (Fsp3) is 0.158. The second-order valence-electron chi connectivity index (χ2n) is 5.62. The Labute approximate surface area is 139 Å². The van der Waals surface area contributed by atoms with E-state index in [0.717, 1.165) is 22.4 Å². The van der Waals surface area contributed by atoms with E-state index in [1.807, 2.05) is 42.5 Å². The Morgan fingerprint density at radius 3 is 2.54 bits per heavy atom. The number of allylic oxidation sites excluding steroid dienone is 1. The molecule has 2 N–H and O–H groups in total. The summed E-state index contributed by atoms with van der Waals surface area (Å²) in [5.41, 5.74) is 2.11. The Kier molecular flexibility index (Phi) is 4.08. The minimum absolute atomic E-state index is 0.632. The molecular weight excluding hydrogens is 306 g/mol. The minimum atomic E-state index is -1.35. The first-order valence-electron chi connectivity index (χ1n) is 7.51. The number of carboxylic acid groups (broad SMARTS) is 1. The van der Waals surface area contributed by atoms with Gasteiger partial charge in [0.05, 0.1) is 7.11 Å². The molecule has 5 nitrogen and oxygen atoms in total. The van der Waals surface area contributed by atoms with Gasteiger partial charge in [-0.2, -0.15) is 0 Å². The van der Waals surface area contributed by atoms with E-state index in [9.17, 15) is 9.59 Å². The average Bonchev–Trinajstić information content (AvgIpc) is 2.61. The maximum Gasteiger partial charge on any atom is 0.405 e. The quantitative estimate of drug-likeness (QED) is 0.669. The molecule has 0 spiro atoms. The number of carbonyl (C=O) groups is 2. The third kappa shape index (κ3) is 2.76. The molecule has 0 aliphatic heterocycles. The van der Waals surface area contributed by atoms with Crippen molar-refractivity contribution in [3.8, 4) is 16.9 Å². The molecule has 2 aromatic rings. The predicted octanol–water partition coefficient (Wildman–Crippen LogP) is 3.14. The van der Waals surface area contributed by atoms with Crippen LogP contribution in [0.5, 0.6) is 5.75 Å². The number of ether oxygens (including phenoxy) is 1. The summed E-state index contributed by atoms with van der Waals surface area (Å²) in [7, 11) is 1.61. The van der Waals surface area contributed by atoms with Crippen LogP contribution in [-0.4, -0.2) is 24.6 Å². The van der Waals surface area contributed by atoms with E-state index < -0.39 is 11.6 Å². The van der Waals surface area contributed by atoms with Crippen LogP contribution in [0.15, 0.2) is 54.6 Å². The lowest BCUT2D eigenvalue weighted by Crippen LogP contribution is -2.46. The first-order valence-corrected chi connectivity index (χ1v) is 7.51. The number of hydrogen-bond acceptors (Lipinski definition) is 3. The Morgan fingerprint density at radius 2 is 1.92 bits per heavy atom. The Balaban J connectivity index is 2.08.